The second-order valence-electron chi connectivity index (χ2n) is 8.92. The number of rotatable bonds is 8. The fourth-order valence-corrected chi connectivity index (χ4v) is 5.01. The highest BCUT2D eigenvalue weighted by Crippen LogP contribution is 2.38. The number of carbonyl (C=O) groups is 2. The van der Waals surface area contributed by atoms with Crippen molar-refractivity contribution in [2.75, 3.05) is 40.5 Å². The maximum atomic E-state index is 13.6. The molecular weight excluding hydrogens is 418 g/mol. The quantitative estimate of drug-likeness (QED) is 0.576. The summed E-state index contributed by atoms with van der Waals surface area (Å²) in [6, 6.07) is 15.9. The normalized spacial score (nSPS) is 18.4. The molecule has 2 heterocycles. The molecule has 2 aliphatic heterocycles. The molecule has 2 aliphatic rings. The Morgan fingerprint density at radius 2 is 1.67 bits per heavy atom. The van der Waals surface area contributed by atoms with Crippen LogP contribution in [0.3, 0.4) is 0 Å². The maximum absolute atomic E-state index is 13.6. The summed E-state index contributed by atoms with van der Waals surface area (Å²) >= 11 is 0. The van der Waals surface area contributed by atoms with Crippen molar-refractivity contribution in [2.45, 2.75) is 38.4 Å². The standard InChI is InChI=1S/C26H33N3O4/c1-20-17-22(9-10-23(20)33-3)18-27-13-11-26(12-14-27)24(30)28(15-16-32-2)25(31)29(26)19-21-7-5-4-6-8-21/h4-10,17H,11-16,18-19H2,1-3H3. The molecule has 0 aliphatic carbocycles. The molecule has 7 nitrogen and oxygen atoms in total. The summed E-state index contributed by atoms with van der Waals surface area (Å²) < 4.78 is 10.5. The molecule has 0 aromatic heterocycles. The Balaban J connectivity index is 1.51. The largest absolute Gasteiger partial charge is 0.496 e. The van der Waals surface area contributed by atoms with Gasteiger partial charge >= 0.3 is 6.03 Å². The van der Waals surface area contributed by atoms with E-state index in [1.165, 1.54) is 10.5 Å². The highest BCUT2D eigenvalue weighted by atomic mass is 16.5. The topological polar surface area (TPSA) is 62.3 Å². The number of amides is 3. The minimum Gasteiger partial charge on any atom is -0.496 e. The summed E-state index contributed by atoms with van der Waals surface area (Å²) in [5, 5.41) is 0. The van der Waals surface area contributed by atoms with Crippen molar-refractivity contribution >= 4 is 11.9 Å². The first-order chi connectivity index (χ1) is 16.0. The van der Waals surface area contributed by atoms with Crippen molar-refractivity contribution < 1.29 is 19.1 Å². The van der Waals surface area contributed by atoms with Gasteiger partial charge in [0.05, 0.1) is 20.3 Å². The number of benzene rings is 2. The van der Waals surface area contributed by atoms with E-state index in [2.05, 4.69) is 17.0 Å². The Kier molecular flexibility index (Phi) is 7.00. The van der Waals surface area contributed by atoms with Gasteiger partial charge in [-0.25, -0.2) is 4.79 Å². The van der Waals surface area contributed by atoms with Crippen LogP contribution in [-0.2, 0) is 22.6 Å². The van der Waals surface area contributed by atoms with Crippen molar-refractivity contribution in [3.05, 3.63) is 65.2 Å². The van der Waals surface area contributed by atoms with E-state index in [0.29, 0.717) is 26.0 Å². The molecule has 0 N–H and O–H groups in total. The second kappa shape index (κ2) is 9.93. The predicted octanol–water partition coefficient (Wildman–Crippen LogP) is 3.45. The molecule has 2 saturated heterocycles. The molecule has 0 bridgehead atoms. The highest BCUT2D eigenvalue weighted by molar-refractivity contribution is 6.07. The number of ether oxygens (including phenoxy) is 2. The number of piperidine rings is 1. The Hall–Kier alpha value is -2.90. The maximum Gasteiger partial charge on any atom is 0.328 e. The van der Waals surface area contributed by atoms with Crippen LogP contribution in [0.1, 0.15) is 29.5 Å². The number of likely N-dealkylation sites (tertiary alicyclic amines) is 1. The summed E-state index contributed by atoms with van der Waals surface area (Å²) in [5.41, 5.74) is 2.58. The molecule has 0 radical (unpaired) electrons. The first kappa shape index (κ1) is 23.3. The van der Waals surface area contributed by atoms with Gasteiger partial charge in [-0.15, -0.1) is 0 Å². The van der Waals surface area contributed by atoms with Crippen LogP contribution in [0.5, 0.6) is 5.75 Å². The molecular formula is C26H33N3O4. The zero-order valence-corrected chi connectivity index (χ0v) is 19.8. The average Bonchev–Trinajstić information content (AvgIpc) is 3.01. The molecule has 0 saturated carbocycles. The minimum absolute atomic E-state index is 0.0829. The SMILES string of the molecule is COCCN1C(=O)N(Cc2ccccc2)C2(CCN(Cc3ccc(OC)c(C)c3)CC2)C1=O. The van der Waals surface area contributed by atoms with Crippen molar-refractivity contribution in [1.82, 2.24) is 14.7 Å². The first-order valence-corrected chi connectivity index (χ1v) is 11.5. The van der Waals surface area contributed by atoms with Crippen LogP contribution in [-0.4, -0.2) is 72.6 Å². The number of imide groups is 1. The lowest BCUT2D eigenvalue weighted by atomic mass is 9.85. The average molecular weight is 452 g/mol. The zero-order chi connectivity index (χ0) is 23.4. The van der Waals surface area contributed by atoms with Crippen molar-refractivity contribution in [3.63, 3.8) is 0 Å². The molecule has 7 heteroatoms. The lowest BCUT2D eigenvalue weighted by Gasteiger charge is -2.42. The van der Waals surface area contributed by atoms with Crippen LogP contribution in [0.15, 0.2) is 48.5 Å². The van der Waals surface area contributed by atoms with E-state index in [0.717, 1.165) is 36.5 Å². The van der Waals surface area contributed by atoms with Crippen LogP contribution in [0.4, 0.5) is 4.79 Å². The molecule has 0 unspecified atom stereocenters. The molecule has 176 valence electrons. The number of aryl methyl sites for hydroxylation is 1. The number of hydrogen-bond donors (Lipinski definition) is 0. The zero-order valence-electron chi connectivity index (χ0n) is 19.8. The van der Waals surface area contributed by atoms with E-state index in [1.807, 2.05) is 43.3 Å². The fraction of sp³-hybridized carbons (Fsp3) is 0.462. The van der Waals surface area contributed by atoms with Crippen molar-refractivity contribution in [3.8, 4) is 5.75 Å². The van der Waals surface area contributed by atoms with Crippen molar-refractivity contribution in [2.24, 2.45) is 0 Å². The second-order valence-corrected chi connectivity index (χ2v) is 8.92. The number of methoxy groups -OCH3 is 2. The van der Waals surface area contributed by atoms with Gasteiger partial charge < -0.3 is 14.4 Å². The Morgan fingerprint density at radius 3 is 2.30 bits per heavy atom. The van der Waals surface area contributed by atoms with Crippen LogP contribution >= 0.6 is 0 Å². The lowest BCUT2D eigenvalue weighted by Crippen LogP contribution is -2.56. The van der Waals surface area contributed by atoms with Crippen LogP contribution in [0, 0.1) is 6.92 Å². The van der Waals surface area contributed by atoms with Gasteiger partial charge in [0.1, 0.15) is 11.3 Å². The summed E-state index contributed by atoms with van der Waals surface area (Å²) in [7, 11) is 3.27. The van der Waals surface area contributed by atoms with Crippen LogP contribution in [0.2, 0.25) is 0 Å². The molecule has 3 amide bonds. The molecule has 4 rings (SSSR count). The van der Waals surface area contributed by atoms with Gasteiger partial charge in [0.25, 0.3) is 5.91 Å². The molecule has 2 fully saturated rings. The van der Waals surface area contributed by atoms with Crippen LogP contribution < -0.4 is 4.74 Å². The molecule has 33 heavy (non-hydrogen) atoms. The first-order valence-electron chi connectivity index (χ1n) is 11.5. The Labute approximate surface area is 195 Å². The molecule has 1 spiro atoms. The summed E-state index contributed by atoms with van der Waals surface area (Å²) in [4.78, 5) is 32.4. The summed E-state index contributed by atoms with van der Waals surface area (Å²) in [6.07, 6.45) is 1.26. The van der Waals surface area contributed by atoms with E-state index >= 15 is 0 Å². The fourth-order valence-electron chi connectivity index (χ4n) is 5.01. The van der Waals surface area contributed by atoms with E-state index in [4.69, 9.17) is 9.47 Å². The van der Waals surface area contributed by atoms with E-state index in [9.17, 15) is 9.59 Å². The third-order valence-electron chi connectivity index (χ3n) is 6.87. The smallest absolute Gasteiger partial charge is 0.328 e. The lowest BCUT2D eigenvalue weighted by molar-refractivity contribution is -0.136. The third-order valence-corrected chi connectivity index (χ3v) is 6.87. The van der Waals surface area contributed by atoms with E-state index in [-0.39, 0.29) is 18.5 Å². The summed E-state index contributed by atoms with van der Waals surface area (Å²) in [5.74, 6) is 0.805. The minimum atomic E-state index is -0.785. The molecule has 2 aromatic rings. The number of carbonyl (C=O) groups excluding carboxylic acids is 2. The Morgan fingerprint density at radius 1 is 0.939 bits per heavy atom. The number of urea groups is 1. The van der Waals surface area contributed by atoms with Crippen molar-refractivity contribution in [1.29, 1.82) is 0 Å². The number of nitrogens with zero attached hydrogens (tertiary/aromatic N) is 3. The highest BCUT2D eigenvalue weighted by Gasteiger charge is 2.57. The van der Waals surface area contributed by atoms with Crippen LogP contribution in [0.25, 0.3) is 0 Å². The van der Waals surface area contributed by atoms with E-state index < -0.39 is 5.54 Å². The molecule has 2 aromatic carbocycles. The van der Waals surface area contributed by atoms with Gasteiger partial charge in [0.15, 0.2) is 0 Å². The van der Waals surface area contributed by atoms with Gasteiger partial charge in [-0.3, -0.25) is 14.6 Å². The Bertz CT molecular complexity index is 986. The third kappa shape index (κ3) is 4.61. The van der Waals surface area contributed by atoms with Gasteiger partial charge in [0, 0.05) is 33.3 Å². The predicted molar refractivity (Wildman–Crippen MR) is 126 cm³/mol. The molecule has 0 atom stereocenters. The van der Waals surface area contributed by atoms with Gasteiger partial charge in [-0.2, -0.15) is 0 Å². The van der Waals surface area contributed by atoms with Gasteiger partial charge in [0.2, 0.25) is 0 Å². The number of hydrogen-bond acceptors (Lipinski definition) is 5. The monoisotopic (exact) mass is 451 g/mol. The van der Waals surface area contributed by atoms with Gasteiger partial charge in [-0.1, -0.05) is 42.5 Å². The summed E-state index contributed by atoms with van der Waals surface area (Å²) in [6.45, 7) is 5.45. The van der Waals surface area contributed by atoms with E-state index in [1.54, 1.807) is 19.1 Å². The van der Waals surface area contributed by atoms with Gasteiger partial charge in [-0.05, 0) is 42.5 Å².